The van der Waals surface area contributed by atoms with Gasteiger partial charge in [-0.25, -0.2) is 19.2 Å². The third-order valence-electron chi connectivity index (χ3n) is 7.04. The summed E-state index contributed by atoms with van der Waals surface area (Å²) in [7, 11) is 2.31. The fourth-order valence-corrected chi connectivity index (χ4v) is 5.94. The zero-order valence-corrected chi connectivity index (χ0v) is 28.3. The smallest absolute Gasteiger partial charge is 0.412 e. The minimum Gasteiger partial charge on any atom is -0.467 e. The zero-order valence-electron chi connectivity index (χ0n) is 26.7. The molecule has 14 heteroatoms. The van der Waals surface area contributed by atoms with Crippen LogP contribution in [0, 0.1) is 5.92 Å². The summed E-state index contributed by atoms with van der Waals surface area (Å²) in [4.78, 5) is 80.5. The number of amides is 4. The molecule has 3 rings (SSSR count). The Morgan fingerprint density at radius 1 is 0.911 bits per heavy atom. The Balaban J connectivity index is 1.97. The molecule has 246 valence electrons. The Morgan fingerprint density at radius 2 is 1.47 bits per heavy atom. The highest BCUT2D eigenvalue weighted by Gasteiger charge is 2.51. The lowest BCUT2D eigenvalue weighted by molar-refractivity contribution is -0.147. The molecule has 2 aliphatic heterocycles. The van der Waals surface area contributed by atoms with Gasteiger partial charge in [-0.2, -0.15) is 0 Å². The molecule has 45 heavy (non-hydrogen) atoms. The van der Waals surface area contributed by atoms with Gasteiger partial charge in [0.05, 0.1) is 31.4 Å². The second-order valence-electron chi connectivity index (χ2n) is 12.7. The number of imide groups is 1. The number of likely N-dealkylation sites (tertiary alicyclic amines) is 1. The number of benzene rings is 1. The second-order valence-corrected chi connectivity index (χ2v) is 13.5. The van der Waals surface area contributed by atoms with Gasteiger partial charge in [0.1, 0.15) is 22.9 Å². The zero-order chi connectivity index (χ0) is 33.9. The number of carbonyl (C=O) groups excluding carboxylic acids is 6. The van der Waals surface area contributed by atoms with Crippen LogP contribution >= 0.6 is 15.9 Å². The number of alkyl carbamates (subject to hydrolysis) is 1. The van der Waals surface area contributed by atoms with E-state index in [0.717, 1.165) is 12.0 Å². The van der Waals surface area contributed by atoms with Crippen LogP contribution in [0.25, 0.3) is 0 Å². The van der Waals surface area contributed by atoms with Crippen molar-refractivity contribution in [3.63, 3.8) is 0 Å². The maximum atomic E-state index is 13.6. The minimum atomic E-state index is -1.16. The van der Waals surface area contributed by atoms with Crippen molar-refractivity contribution in [3.8, 4) is 0 Å². The Kier molecular flexibility index (Phi) is 11.1. The fraction of sp³-hybridized carbons (Fsp3) is 0.548. The van der Waals surface area contributed by atoms with Gasteiger partial charge >= 0.3 is 24.1 Å². The molecule has 1 aromatic rings. The van der Waals surface area contributed by atoms with E-state index in [1.165, 1.54) is 12.0 Å². The summed E-state index contributed by atoms with van der Waals surface area (Å²) in [6.07, 6.45) is -1.08. The largest absolute Gasteiger partial charge is 0.467 e. The number of nitrogens with one attached hydrogen (secondary N) is 1. The van der Waals surface area contributed by atoms with E-state index in [1.54, 1.807) is 65.8 Å². The van der Waals surface area contributed by atoms with Crippen molar-refractivity contribution in [2.24, 2.45) is 5.92 Å². The number of hydrogen-bond acceptors (Lipinski definition) is 10. The van der Waals surface area contributed by atoms with Crippen LogP contribution in [-0.4, -0.2) is 89.8 Å². The van der Waals surface area contributed by atoms with E-state index in [9.17, 15) is 28.8 Å². The molecule has 0 aromatic heterocycles. The molecule has 2 aliphatic rings. The summed E-state index contributed by atoms with van der Waals surface area (Å²) in [5, 5.41) is 2.40. The van der Waals surface area contributed by atoms with Crippen LogP contribution in [0.1, 0.15) is 81.5 Å². The molecule has 0 spiro atoms. The number of hydrogen-bond donors (Lipinski definition) is 1. The van der Waals surface area contributed by atoms with Gasteiger partial charge < -0.3 is 18.9 Å². The highest BCUT2D eigenvalue weighted by molar-refractivity contribution is 9.11. The average Bonchev–Trinajstić information content (AvgIpc) is 3.44. The lowest BCUT2D eigenvalue weighted by Gasteiger charge is -2.32. The number of nitrogens with zero attached hydrogens (tertiary/aromatic N) is 2. The molecule has 0 bridgehead atoms. The van der Waals surface area contributed by atoms with Crippen molar-refractivity contribution >= 4 is 51.9 Å². The van der Waals surface area contributed by atoms with Crippen LogP contribution < -0.4 is 5.32 Å². The summed E-state index contributed by atoms with van der Waals surface area (Å²) in [6.45, 7) is 10.0. The van der Waals surface area contributed by atoms with Crippen LogP contribution in [0.3, 0.4) is 0 Å². The lowest BCUT2D eigenvalue weighted by atomic mass is 9.93. The highest BCUT2D eigenvalue weighted by atomic mass is 79.9. The third kappa shape index (κ3) is 8.41. The molecule has 0 unspecified atom stereocenters. The predicted molar refractivity (Wildman–Crippen MR) is 164 cm³/mol. The van der Waals surface area contributed by atoms with Gasteiger partial charge in [-0.1, -0.05) is 28.1 Å². The third-order valence-corrected chi connectivity index (χ3v) is 7.96. The number of rotatable bonds is 8. The number of halogens is 1. The molecule has 4 amide bonds. The number of esters is 2. The van der Waals surface area contributed by atoms with E-state index < -0.39 is 65.1 Å². The Morgan fingerprint density at radius 3 is 1.96 bits per heavy atom. The maximum Gasteiger partial charge on any atom is 0.412 e. The molecule has 0 saturated carbocycles. The predicted octanol–water partition coefficient (Wildman–Crippen LogP) is 4.53. The molecule has 0 radical (unpaired) electrons. The van der Waals surface area contributed by atoms with Gasteiger partial charge in [0.2, 0.25) is 0 Å². The SMILES string of the molecule is COC(=O)/C(NC(=O)OC(C)(C)C)=C(/Br)[C@H]1C[C@H](CCCN2C(=O)c3ccccc3C2=O)[C@@H](C(=O)OC)N1C(=O)OC(C)(C)C. The van der Waals surface area contributed by atoms with Crippen molar-refractivity contribution in [1.82, 2.24) is 15.1 Å². The summed E-state index contributed by atoms with van der Waals surface area (Å²) < 4.78 is 21.0. The van der Waals surface area contributed by atoms with E-state index in [-0.39, 0.29) is 29.6 Å². The Hall–Kier alpha value is -3.94. The van der Waals surface area contributed by atoms with Gasteiger partial charge in [0.25, 0.3) is 11.8 Å². The van der Waals surface area contributed by atoms with Crippen molar-refractivity contribution in [2.45, 2.75) is 84.1 Å². The monoisotopic (exact) mass is 693 g/mol. The quantitative estimate of drug-likeness (QED) is 0.177. The number of methoxy groups -OCH3 is 2. The van der Waals surface area contributed by atoms with Gasteiger partial charge in [-0.15, -0.1) is 0 Å². The Bertz CT molecular complexity index is 1360. The molecule has 0 aliphatic carbocycles. The molecule has 3 atom stereocenters. The molecule has 2 heterocycles. The van der Waals surface area contributed by atoms with Gasteiger partial charge in [-0.3, -0.25) is 24.7 Å². The second kappa shape index (κ2) is 14.0. The van der Waals surface area contributed by atoms with Crippen LogP contribution in [0.2, 0.25) is 0 Å². The van der Waals surface area contributed by atoms with Gasteiger partial charge in [0.15, 0.2) is 0 Å². The summed E-state index contributed by atoms with van der Waals surface area (Å²) in [5.74, 6) is -3.02. The Labute approximate surface area is 270 Å². The topological polar surface area (TPSA) is 158 Å². The van der Waals surface area contributed by atoms with E-state index in [4.69, 9.17) is 18.9 Å². The van der Waals surface area contributed by atoms with Crippen LogP contribution in [0.15, 0.2) is 34.4 Å². The average molecular weight is 695 g/mol. The first-order valence-electron chi connectivity index (χ1n) is 14.4. The first-order chi connectivity index (χ1) is 20.9. The normalized spacial score (nSPS) is 20.3. The van der Waals surface area contributed by atoms with E-state index in [0.29, 0.717) is 17.5 Å². The first-order valence-corrected chi connectivity index (χ1v) is 15.2. The maximum absolute atomic E-state index is 13.6. The molecule has 1 aromatic carbocycles. The van der Waals surface area contributed by atoms with Crippen molar-refractivity contribution in [3.05, 3.63) is 45.6 Å². The van der Waals surface area contributed by atoms with Crippen LogP contribution in [0.4, 0.5) is 9.59 Å². The van der Waals surface area contributed by atoms with Gasteiger partial charge in [0, 0.05) is 11.0 Å². The first kappa shape index (κ1) is 35.5. The number of ether oxygens (including phenoxy) is 4. The van der Waals surface area contributed by atoms with Crippen LogP contribution in [0.5, 0.6) is 0 Å². The van der Waals surface area contributed by atoms with Crippen molar-refractivity contribution < 1.29 is 47.7 Å². The van der Waals surface area contributed by atoms with Crippen molar-refractivity contribution in [1.29, 1.82) is 0 Å². The van der Waals surface area contributed by atoms with E-state index in [1.807, 2.05) is 0 Å². The number of carbonyl (C=O) groups is 6. The van der Waals surface area contributed by atoms with Crippen molar-refractivity contribution in [2.75, 3.05) is 20.8 Å². The summed E-state index contributed by atoms with van der Waals surface area (Å²) in [5.41, 5.74) is -1.50. The minimum absolute atomic E-state index is 0.0443. The molecule has 1 N–H and O–H groups in total. The molecule has 1 fully saturated rings. The molecular weight excluding hydrogens is 654 g/mol. The fourth-order valence-electron chi connectivity index (χ4n) is 5.27. The van der Waals surface area contributed by atoms with Crippen LogP contribution in [-0.2, 0) is 28.5 Å². The molecule has 13 nitrogen and oxygen atoms in total. The summed E-state index contributed by atoms with van der Waals surface area (Å²) >= 11 is 3.40. The number of fused-ring (bicyclic) bond motifs is 1. The summed E-state index contributed by atoms with van der Waals surface area (Å²) in [6, 6.07) is 4.41. The van der Waals surface area contributed by atoms with Gasteiger partial charge in [-0.05, 0) is 78.9 Å². The molecular formula is C31H40BrN3O10. The lowest BCUT2D eigenvalue weighted by Crippen LogP contribution is -2.49. The highest BCUT2D eigenvalue weighted by Crippen LogP contribution is 2.41. The van der Waals surface area contributed by atoms with E-state index >= 15 is 0 Å². The van der Waals surface area contributed by atoms with E-state index in [2.05, 4.69) is 21.2 Å². The standard InChI is InChI=1S/C31H40BrN3O10/c1-30(2,3)44-28(40)33-22(26(38)42-7)21(32)20-16-17(23(27(39)43-8)35(20)29(41)45-31(4,5)6)12-11-15-34-24(36)18-13-9-10-14-19(18)25(34)37/h9-10,13-14,17,20,23H,11-12,15-16H2,1-8H3,(H,33,40)/b22-21-/t17-,20+,23-/m0/s1. The molecule has 1 saturated heterocycles.